The van der Waals surface area contributed by atoms with Crippen LogP contribution in [0.25, 0.3) is 11.2 Å². The highest BCUT2D eigenvalue weighted by atomic mass is 16.5. The van der Waals surface area contributed by atoms with Crippen molar-refractivity contribution in [3.05, 3.63) is 18.6 Å². The van der Waals surface area contributed by atoms with Crippen LogP contribution in [0.15, 0.2) is 18.6 Å². The maximum Gasteiger partial charge on any atom is 0.177 e. The summed E-state index contributed by atoms with van der Waals surface area (Å²) in [5.74, 6) is 2.85. The van der Waals surface area contributed by atoms with E-state index in [1.54, 1.807) is 23.3 Å². The molecular formula is C28H40N4O3. The third kappa shape index (κ3) is 3.59. The molecule has 0 amide bonds. The van der Waals surface area contributed by atoms with E-state index in [0.717, 1.165) is 50.6 Å². The van der Waals surface area contributed by atoms with Gasteiger partial charge in [-0.2, -0.15) is 5.10 Å². The lowest BCUT2D eigenvalue weighted by molar-refractivity contribution is -0.175. The summed E-state index contributed by atoms with van der Waals surface area (Å²) in [6.07, 6.45) is 14.7. The number of fused-ring (bicyclic) bond motifs is 6. The van der Waals surface area contributed by atoms with Gasteiger partial charge in [0, 0.05) is 25.4 Å². The summed E-state index contributed by atoms with van der Waals surface area (Å²) in [4.78, 5) is 22.4. The molecule has 4 saturated carbocycles. The van der Waals surface area contributed by atoms with Gasteiger partial charge in [0.1, 0.15) is 12.1 Å². The minimum atomic E-state index is -0.538. The number of Topliss-reactive ketones (excluding diaryl/α,β-unsaturated/α-hetero) is 1. The molecule has 7 heteroatoms. The van der Waals surface area contributed by atoms with Crippen LogP contribution in [0.2, 0.25) is 0 Å². The highest BCUT2D eigenvalue weighted by molar-refractivity contribution is 5.83. The number of hydrogen-bond acceptors (Lipinski definition) is 6. The molecule has 0 aliphatic heterocycles. The van der Waals surface area contributed by atoms with Crippen molar-refractivity contribution in [3.63, 3.8) is 0 Å². The summed E-state index contributed by atoms with van der Waals surface area (Å²) in [5, 5.41) is 15.3. The molecule has 35 heavy (non-hydrogen) atoms. The lowest BCUT2D eigenvalue weighted by atomic mass is 9.43. The first-order chi connectivity index (χ1) is 16.8. The minimum Gasteiger partial charge on any atom is -0.390 e. The van der Waals surface area contributed by atoms with Crippen molar-refractivity contribution < 1.29 is 14.6 Å². The predicted octanol–water partition coefficient (Wildman–Crippen LogP) is 4.43. The third-order valence-corrected chi connectivity index (χ3v) is 11.0. The largest absolute Gasteiger partial charge is 0.390 e. The molecule has 0 spiro atoms. The molecule has 0 radical (unpaired) electrons. The van der Waals surface area contributed by atoms with Gasteiger partial charge in [-0.15, -0.1) is 0 Å². The van der Waals surface area contributed by atoms with Crippen LogP contribution in [0.4, 0.5) is 0 Å². The average Bonchev–Trinajstić information content (AvgIpc) is 3.40. The number of methoxy groups -OCH3 is 1. The Morgan fingerprint density at radius 1 is 1.09 bits per heavy atom. The van der Waals surface area contributed by atoms with Crippen LogP contribution < -0.4 is 0 Å². The number of aromatic nitrogens is 4. The second-order valence-electron chi connectivity index (χ2n) is 12.7. The number of rotatable bonds is 5. The topological polar surface area (TPSA) is 90.1 Å². The average molecular weight is 481 g/mol. The third-order valence-electron chi connectivity index (χ3n) is 11.0. The molecule has 0 bridgehead atoms. The number of hydrogen-bond donors (Lipinski definition) is 1. The lowest BCUT2D eigenvalue weighted by Gasteiger charge is -2.62. The number of nitrogens with zero attached hydrogens (tertiary/aromatic N) is 4. The summed E-state index contributed by atoms with van der Waals surface area (Å²) in [6.45, 7) is 5.53. The first-order valence-corrected chi connectivity index (χ1v) is 13.6. The van der Waals surface area contributed by atoms with Crippen LogP contribution in [0.3, 0.4) is 0 Å². The van der Waals surface area contributed by atoms with Crippen molar-refractivity contribution in [1.29, 1.82) is 0 Å². The van der Waals surface area contributed by atoms with Crippen molar-refractivity contribution in [3.8, 4) is 0 Å². The van der Waals surface area contributed by atoms with Crippen molar-refractivity contribution in [2.45, 2.75) is 83.8 Å². The normalized spacial score (nSPS) is 42.9. The molecule has 6 rings (SSSR count). The summed E-state index contributed by atoms with van der Waals surface area (Å²) in [6, 6.07) is 0. The molecule has 2 heterocycles. The Labute approximate surface area is 208 Å². The Balaban J connectivity index is 1.24. The van der Waals surface area contributed by atoms with Gasteiger partial charge in [-0.05, 0) is 99.2 Å². The lowest BCUT2D eigenvalue weighted by Crippen LogP contribution is -2.58. The van der Waals surface area contributed by atoms with Crippen LogP contribution in [-0.2, 0) is 16.1 Å². The van der Waals surface area contributed by atoms with E-state index in [1.807, 2.05) is 14.0 Å². The monoisotopic (exact) mass is 480 g/mol. The summed E-state index contributed by atoms with van der Waals surface area (Å²) < 4.78 is 7.63. The van der Waals surface area contributed by atoms with Gasteiger partial charge in [0.05, 0.1) is 18.4 Å². The summed E-state index contributed by atoms with van der Waals surface area (Å²) >= 11 is 0. The fourth-order valence-electron chi connectivity index (χ4n) is 9.50. The van der Waals surface area contributed by atoms with E-state index in [1.165, 1.54) is 19.3 Å². The highest BCUT2D eigenvalue weighted by Crippen LogP contribution is 2.68. The molecule has 0 saturated heterocycles. The fourth-order valence-corrected chi connectivity index (χ4v) is 9.50. The van der Waals surface area contributed by atoms with Crippen LogP contribution in [-0.4, -0.2) is 50.0 Å². The molecular weight excluding hydrogens is 440 g/mol. The molecule has 0 unspecified atom stereocenters. The first kappa shape index (κ1) is 23.5. The highest BCUT2D eigenvalue weighted by Gasteiger charge is 2.63. The molecule has 0 aromatic carbocycles. The van der Waals surface area contributed by atoms with Gasteiger partial charge < -0.3 is 9.84 Å². The molecule has 4 aliphatic carbocycles. The Bertz CT molecular complexity index is 1110. The van der Waals surface area contributed by atoms with E-state index in [2.05, 4.69) is 22.0 Å². The van der Waals surface area contributed by atoms with Gasteiger partial charge in [0.2, 0.25) is 0 Å². The number of ether oxygens (including phenoxy) is 1. The molecule has 4 fully saturated rings. The molecule has 4 aliphatic rings. The molecule has 2 aromatic heterocycles. The minimum absolute atomic E-state index is 0.0636. The number of carbonyl (C=O) groups is 1. The number of carbonyl (C=O) groups excluding carboxylic acids is 1. The van der Waals surface area contributed by atoms with E-state index in [9.17, 15) is 9.90 Å². The zero-order chi connectivity index (χ0) is 24.4. The van der Waals surface area contributed by atoms with Gasteiger partial charge in [0.15, 0.2) is 11.4 Å². The zero-order valence-corrected chi connectivity index (χ0v) is 21.4. The number of ketones is 1. The van der Waals surface area contributed by atoms with Gasteiger partial charge >= 0.3 is 0 Å². The van der Waals surface area contributed by atoms with Crippen LogP contribution >= 0.6 is 0 Å². The summed E-state index contributed by atoms with van der Waals surface area (Å²) in [5.41, 5.74) is 1.15. The second kappa shape index (κ2) is 8.34. The van der Waals surface area contributed by atoms with Crippen molar-refractivity contribution in [2.24, 2.45) is 40.4 Å². The van der Waals surface area contributed by atoms with Gasteiger partial charge in [-0.3, -0.25) is 4.79 Å². The molecule has 7 nitrogen and oxygen atoms in total. The van der Waals surface area contributed by atoms with E-state index in [4.69, 9.17) is 4.74 Å². The van der Waals surface area contributed by atoms with Crippen molar-refractivity contribution in [1.82, 2.24) is 19.7 Å². The maximum atomic E-state index is 13.7. The first-order valence-electron chi connectivity index (χ1n) is 13.6. The van der Waals surface area contributed by atoms with E-state index in [-0.39, 0.29) is 23.3 Å². The fraction of sp³-hybridized carbons (Fsp3) is 0.786. The smallest absolute Gasteiger partial charge is 0.177 e. The van der Waals surface area contributed by atoms with Crippen LogP contribution in [0, 0.1) is 40.4 Å². The molecule has 1 N–H and O–H groups in total. The summed E-state index contributed by atoms with van der Waals surface area (Å²) in [7, 11) is 1.85. The van der Waals surface area contributed by atoms with Gasteiger partial charge in [-0.25, -0.2) is 14.6 Å². The molecule has 190 valence electrons. The van der Waals surface area contributed by atoms with Crippen molar-refractivity contribution in [2.75, 3.05) is 13.7 Å². The predicted molar refractivity (Wildman–Crippen MR) is 132 cm³/mol. The van der Waals surface area contributed by atoms with E-state index < -0.39 is 5.60 Å². The van der Waals surface area contributed by atoms with Crippen molar-refractivity contribution >= 4 is 16.9 Å². The Hall–Kier alpha value is -1.86. The number of aliphatic hydroxyl groups is 1. The van der Waals surface area contributed by atoms with E-state index >= 15 is 0 Å². The standard InChI is InChI=1S/C28H40N4O3/c1-26(34)10-11-28(17-35-3)18(14-26)4-5-19-20-6-7-22(27(20,2)9-8-21(19)28)24(33)16-32-25-23(15-31-32)29-12-13-30-25/h12-13,15,18-22,34H,4-11,14,16-17H2,1-3H3/t18-,19+,20+,21+,22-,26-,27+,28-/m1/s1. The van der Waals surface area contributed by atoms with Gasteiger partial charge in [-0.1, -0.05) is 6.92 Å². The Morgan fingerprint density at radius 3 is 2.74 bits per heavy atom. The zero-order valence-electron chi connectivity index (χ0n) is 21.4. The van der Waals surface area contributed by atoms with Crippen LogP contribution in [0.5, 0.6) is 0 Å². The quantitative estimate of drug-likeness (QED) is 0.681. The van der Waals surface area contributed by atoms with Gasteiger partial charge in [0.25, 0.3) is 0 Å². The second-order valence-corrected chi connectivity index (χ2v) is 12.7. The molecule has 2 aromatic rings. The Morgan fingerprint density at radius 2 is 1.91 bits per heavy atom. The maximum absolute atomic E-state index is 13.7. The molecule has 8 atom stereocenters. The van der Waals surface area contributed by atoms with E-state index in [0.29, 0.717) is 35.1 Å². The SMILES string of the molecule is COC[C@]12CC[C@@](C)(O)C[C@H]1CC[C@H]1[C@@H]3CC[C@H](C(=O)Cn4ncc5nccnc54)[C@@]3(C)CC[C@@H]12. The Kier molecular flexibility index (Phi) is 5.61. The van der Waals surface area contributed by atoms with Crippen LogP contribution in [0.1, 0.15) is 71.6 Å².